The van der Waals surface area contributed by atoms with Crippen molar-refractivity contribution in [3.63, 3.8) is 0 Å². The molecule has 34 valence electrons. The van der Waals surface area contributed by atoms with Crippen molar-refractivity contribution in [1.82, 2.24) is 0 Å². The van der Waals surface area contributed by atoms with Crippen molar-refractivity contribution in [1.29, 1.82) is 0 Å². The van der Waals surface area contributed by atoms with Crippen LogP contribution in [0.3, 0.4) is 0 Å². The van der Waals surface area contributed by atoms with Gasteiger partial charge < -0.3 is 2.85 Å². The topological polar surface area (TPSA) is 0 Å². The maximum atomic E-state index is 3.52. The molecule has 0 radical (unpaired) electrons. The van der Waals surface area contributed by atoms with Crippen LogP contribution in [-0.4, -0.2) is 28.4 Å². The Hall–Kier alpha value is 0.986. The smallest absolute Gasteiger partial charge is 1.00 e. The minimum Gasteiger partial charge on any atom is -1.00 e. The van der Waals surface area contributed by atoms with Gasteiger partial charge in [-0.2, -0.15) is 0 Å². The average molecular weight is 161 g/mol. The molecule has 0 spiro atoms. The van der Waals surface area contributed by atoms with Gasteiger partial charge in [0.1, 0.15) is 0 Å². The Labute approximate surface area is 66.3 Å². The van der Waals surface area contributed by atoms with Gasteiger partial charge in [-0.15, -0.1) is 6.58 Å². The first-order chi connectivity index (χ1) is 2.41. The zero-order chi connectivity index (χ0) is 4.12. The Kier molecular flexibility index (Phi) is 15.7. The fourth-order valence-electron chi connectivity index (χ4n) is 0.0772. The van der Waals surface area contributed by atoms with Crippen LogP contribution < -0.4 is 0 Å². The number of hydrogen-bond donors (Lipinski definition) is 0. The summed E-state index contributed by atoms with van der Waals surface area (Å²) in [6.07, 6.45) is 2.95. The number of hydrogen-bond acceptors (Lipinski definition) is 0. The molecule has 0 heterocycles. The fourth-order valence-corrected chi connectivity index (χ4v) is 0.401. The molecule has 0 nitrogen and oxygen atoms in total. The van der Waals surface area contributed by atoms with Gasteiger partial charge in [0.05, 0.1) is 0 Å². The minimum absolute atomic E-state index is 0. The van der Waals surface area contributed by atoms with Crippen molar-refractivity contribution in [2.75, 3.05) is 5.33 Å². The second kappa shape index (κ2) is 9.37. The van der Waals surface area contributed by atoms with Crippen molar-refractivity contribution in [2.24, 2.45) is 0 Å². The summed E-state index contributed by atoms with van der Waals surface area (Å²) in [5.74, 6) is 0. The first-order valence-electron chi connectivity index (χ1n) is 1.58. The van der Waals surface area contributed by atoms with Crippen molar-refractivity contribution in [3.05, 3.63) is 12.7 Å². The Morgan fingerprint density at radius 2 is 2.33 bits per heavy atom. The van der Waals surface area contributed by atoms with E-state index in [1.807, 2.05) is 6.08 Å². The summed E-state index contributed by atoms with van der Waals surface area (Å²) in [5.41, 5.74) is 0. The van der Waals surface area contributed by atoms with Crippen LogP contribution in [0.25, 0.3) is 0 Å². The van der Waals surface area contributed by atoms with E-state index in [4.69, 9.17) is 0 Å². The molecule has 0 unspecified atom stereocenters. The molecule has 0 amide bonds. The van der Waals surface area contributed by atoms with Crippen LogP contribution in [0, 0.1) is 0 Å². The third-order valence-corrected chi connectivity index (χ3v) is 0.771. The van der Waals surface area contributed by atoms with Crippen LogP contribution in [0.15, 0.2) is 12.7 Å². The van der Waals surface area contributed by atoms with Gasteiger partial charge in [-0.05, 0) is 6.42 Å². The van der Waals surface area contributed by atoms with E-state index < -0.39 is 0 Å². The predicted octanol–water partition coefficient (Wildman–Crippen LogP) is 1.80. The third kappa shape index (κ3) is 8.88. The third-order valence-electron chi connectivity index (χ3n) is 0.313. The van der Waals surface area contributed by atoms with E-state index in [0.717, 1.165) is 11.8 Å². The molecule has 0 aromatic heterocycles. The predicted molar refractivity (Wildman–Crippen MR) is 36.6 cm³/mol. The fraction of sp³-hybridized carbons (Fsp3) is 0.500. The largest absolute Gasteiger partial charge is 2.00 e. The number of halogens is 1. The van der Waals surface area contributed by atoms with Gasteiger partial charge in [-0.25, -0.2) is 0 Å². The summed E-state index contributed by atoms with van der Waals surface area (Å²) >= 11 is 3.24. The van der Waals surface area contributed by atoms with Crippen molar-refractivity contribution in [2.45, 2.75) is 6.42 Å². The molecule has 0 saturated carbocycles. The SMILES string of the molecule is C=CCCBr.[H-].[H-].[Mg+2]. The van der Waals surface area contributed by atoms with Gasteiger partial charge in [0.15, 0.2) is 0 Å². The molecule has 0 N–H and O–H groups in total. The van der Waals surface area contributed by atoms with Crippen LogP contribution in [0.4, 0.5) is 0 Å². The van der Waals surface area contributed by atoms with Crippen molar-refractivity contribution >= 4 is 39.0 Å². The summed E-state index contributed by atoms with van der Waals surface area (Å²) in [6, 6.07) is 0. The van der Waals surface area contributed by atoms with Gasteiger partial charge in [0.2, 0.25) is 0 Å². The second-order valence-electron chi connectivity index (χ2n) is 0.766. The standard InChI is InChI=1S/C4H7Br.Mg.2H/c1-2-3-4-5;;;/h2H,1,3-4H2;;;/q;+2;2*-1. The first-order valence-corrected chi connectivity index (χ1v) is 2.71. The first kappa shape index (κ1) is 10.1. The molecular weight excluding hydrogens is 152 g/mol. The van der Waals surface area contributed by atoms with Gasteiger partial charge in [0.25, 0.3) is 0 Å². The molecule has 0 fully saturated rings. The van der Waals surface area contributed by atoms with E-state index in [1.165, 1.54) is 0 Å². The summed E-state index contributed by atoms with van der Waals surface area (Å²) in [6.45, 7) is 3.52. The zero-order valence-electron chi connectivity index (χ0n) is 5.78. The van der Waals surface area contributed by atoms with Gasteiger partial charge in [-0.3, -0.25) is 0 Å². The quantitative estimate of drug-likeness (QED) is 0.329. The van der Waals surface area contributed by atoms with E-state index in [9.17, 15) is 0 Å². The van der Waals surface area contributed by atoms with Gasteiger partial charge in [-0.1, -0.05) is 22.0 Å². The Morgan fingerprint density at radius 1 is 1.83 bits per heavy atom. The maximum Gasteiger partial charge on any atom is 2.00 e. The van der Waals surface area contributed by atoms with Crippen LogP contribution in [0.5, 0.6) is 0 Å². The molecule has 2 heteroatoms. The summed E-state index contributed by atoms with van der Waals surface area (Å²) in [7, 11) is 0. The molecule has 0 aliphatic heterocycles. The van der Waals surface area contributed by atoms with Crippen LogP contribution >= 0.6 is 15.9 Å². The second-order valence-corrected chi connectivity index (χ2v) is 1.56. The summed E-state index contributed by atoms with van der Waals surface area (Å²) < 4.78 is 0. The molecule has 6 heavy (non-hydrogen) atoms. The molecule has 0 bridgehead atoms. The van der Waals surface area contributed by atoms with Gasteiger partial charge >= 0.3 is 23.1 Å². The molecule has 0 aliphatic carbocycles. The molecule has 0 aromatic carbocycles. The zero-order valence-corrected chi connectivity index (χ0v) is 6.78. The van der Waals surface area contributed by atoms with Crippen LogP contribution in [0.2, 0.25) is 0 Å². The van der Waals surface area contributed by atoms with Crippen molar-refractivity contribution in [3.8, 4) is 0 Å². The molecule has 0 rings (SSSR count). The molecule has 0 aromatic rings. The normalized spacial score (nSPS) is 6.17. The average Bonchev–Trinajstić information content (AvgIpc) is 1.41. The minimum atomic E-state index is 0. The molecule has 0 saturated heterocycles. The summed E-state index contributed by atoms with van der Waals surface area (Å²) in [4.78, 5) is 0. The Bertz CT molecular complexity index is 35.2. The number of rotatable bonds is 2. The maximum absolute atomic E-state index is 3.52. The van der Waals surface area contributed by atoms with E-state index in [-0.39, 0.29) is 25.9 Å². The van der Waals surface area contributed by atoms with E-state index in [1.54, 1.807) is 0 Å². The molecule has 0 atom stereocenters. The van der Waals surface area contributed by atoms with Crippen molar-refractivity contribution < 1.29 is 2.85 Å². The monoisotopic (exact) mass is 160 g/mol. The van der Waals surface area contributed by atoms with E-state index in [2.05, 4.69) is 22.5 Å². The molecule has 0 aliphatic rings. The molecular formula is C4H9BrMg. The van der Waals surface area contributed by atoms with E-state index >= 15 is 0 Å². The van der Waals surface area contributed by atoms with Crippen LogP contribution in [0.1, 0.15) is 9.27 Å². The Morgan fingerprint density at radius 3 is 2.33 bits per heavy atom. The number of allylic oxidation sites excluding steroid dienone is 1. The van der Waals surface area contributed by atoms with Gasteiger partial charge in [0, 0.05) is 5.33 Å². The Balaban J connectivity index is -0.0000000267. The number of alkyl halides is 1. The summed E-state index contributed by atoms with van der Waals surface area (Å²) in [5, 5.41) is 1.04. The van der Waals surface area contributed by atoms with E-state index in [0.29, 0.717) is 0 Å². The van der Waals surface area contributed by atoms with Crippen LogP contribution in [-0.2, 0) is 0 Å².